The predicted molar refractivity (Wildman–Crippen MR) is 109 cm³/mol. The summed E-state index contributed by atoms with van der Waals surface area (Å²) >= 11 is 0. The molecule has 0 spiro atoms. The molecule has 0 radical (unpaired) electrons. The zero-order valence-corrected chi connectivity index (χ0v) is 16.3. The molecule has 7 nitrogen and oxygen atoms in total. The van der Waals surface area contributed by atoms with Crippen molar-refractivity contribution in [2.45, 2.75) is 27.2 Å². The molecule has 0 saturated carbocycles. The quantitative estimate of drug-likeness (QED) is 0.582. The maximum atomic E-state index is 13.0. The van der Waals surface area contributed by atoms with Crippen LogP contribution in [0, 0.1) is 13.8 Å². The second kappa shape index (κ2) is 6.92. The molecule has 1 N–H and O–H groups in total. The molecule has 3 aromatic heterocycles. The number of pyridine rings is 2. The van der Waals surface area contributed by atoms with Crippen LogP contribution >= 0.6 is 0 Å². The van der Waals surface area contributed by atoms with Gasteiger partial charge in [0.15, 0.2) is 0 Å². The van der Waals surface area contributed by atoms with E-state index in [9.17, 15) is 4.79 Å². The number of hydrogen-bond acceptors (Lipinski definition) is 6. The van der Waals surface area contributed by atoms with Gasteiger partial charge in [-0.25, -0.2) is 0 Å². The van der Waals surface area contributed by atoms with Gasteiger partial charge in [0.05, 0.1) is 5.52 Å². The molecule has 0 atom stereocenters. The van der Waals surface area contributed by atoms with Crippen LogP contribution in [-0.2, 0) is 13.5 Å². The highest BCUT2D eigenvalue weighted by Crippen LogP contribution is 2.27. The van der Waals surface area contributed by atoms with Crippen LogP contribution < -0.4 is 10.9 Å². The highest BCUT2D eigenvalue weighted by Gasteiger charge is 2.13. The molecule has 1 aromatic carbocycles. The van der Waals surface area contributed by atoms with Crippen molar-refractivity contribution in [1.82, 2.24) is 19.7 Å². The molecule has 28 heavy (non-hydrogen) atoms. The average Bonchev–Trinajstić information content (AvgIpc) is 3.14. The second-order valence-electron chi connectivity index (χ2n) is 6.83. The first-order valence-electron chi connectivity index (χ1n) is 9.13. The van der Waals surface area contributed by atoms with Gasteiger partial charge in [0.25, 0.3) is 11.5 Å². The lowest BCUT2D eigenvalue weighted by Gasteiger charge is -2.12. The zero-order chi connectivity index (χ0) is 19.8. The molecule has 0 unspecified atom stereocenters. The van der Waals surface area contributed by atoms with Gasteiger partial charge >= 0.3 is 0 Å². The Kier molecular flexibility index (Phi) is 4.43. The summed E-state index contributed by atoms with van der Waals surface area (Å²) in [4.78, 5) is 21.7. The van der Waals surface area contributed by atoms with Crippen molar-refractivity contribution in [2.24, 2.45) is 7.05 Å². The first-order chi connectivity index (χ1) is 13.5. The van der Waals surface area contributed by atoms with Crippen molar-refractivity contribution in [3.8, 4) is 11.1 Å². The summed E-state index contributed by atoms with van der Waals surface area (Å²) < 4.78 is 6.81. The lowest BCUT2D eigenvalue weighted by atomic mass is 9.99. The third-order valence-corrected chi connectivity index (χ3v) is 4.80. The summed E-state index contributed by atoms with van der Waals surface area (Å²) in [5.74, 6) is 0.971. The van der Waals surface area contributed by atoms with Crippen LogP contribution in [-0.4, -0.2) is 19.7 Å². The molecule has 0 fully saturated rings. The molecule has 142 valence electrons. The van der Waals surface area contributed by atoms with Gasteiger partial charge in [0.2, 0.25) is 5.89 Å². The van der Waals surface area contributed by atoms with Crippen LogP contribution in [0.3, 0.4) is 0 Å². The molecular formula is C21H21N5O2. The average molecular weight is 375 g/mol. The lowest BCUT2D eigenvalue weighted by molar-refractivity contribution is 0.383. The van der Waals surface area contributed by atoms with Crippen LogP contribution in [0.15, 0.2) is 45.8 Å². The molecule has 0 bridgehead atoms. The van der Waals surface area contributed by atoms with Crippen LogP contribution in [0.25, 0.3) is 22.0 Å². The fourth-order valence-electron chi connectivity index (χ4n) is 3.23. The van der Waals surface area contributed by atoms with Crippen molar-refractivity contribution in [1.29, 1.82) is 0 Å². The second-order valence-corrected chi connectivity index (χ2v) is 6.83. The Balaban J connectivity index is 1.81. The first-order valence-corrected chi connectivity index (χ1v) is 9.13. The minimum absolute atomic E-state index is 0.0498. The molecule has 4 aromatic rings. The summed E-state index contributed by atoms with van der Waals surface area (Å²) in [7, 11) is 1.79. The van der Waals surface area contributed by atoms with Crippen LogP contribution in [0.4, 0.5) is 11.6 Å². The minimum Gasteiger partial charge on any atom is -0.337 e. The van der Waals surface area contributed by atoms with Crippen LogP contribution in [0.5, 0.6) is 0 Å². The molecule has 3 heterocycles. The summed E-state index contributed by atoms with van der Waals surface area (Å²) in [6.07, 6.45) is 2.48. The number of nitrogens with zero attached hydrogens (tertiary/aromatic N) is 4. The maximum absolute atomic E-state index is 13.0. The third kappa shape index (κ3) is 3.15. The lowest BCUT2D eigenvalue weighted by Crippen LogP contribution is -2.19. The molecule has 4 rings (SSSR count). The van der Waals surface area contributed by atoms with Gasteiger partial charge in [-0.05, 0) is 54.4 Å². The Morgan fingerprint density at radius 2 is 1.96 bits per heavy atom. The van der Waals surface area contributed by atoms with Crippen LogP contribution in [0.1, 0.15) is 24.1 Å². The molecule has 0 aliphatic carbocycles. The van der Waals surface area contributed by atoms with Gasteiger partial charge in [0.1, 0.15) is 0 Å². The van der Waals surface area contributed by atoms with Crippen LogP contribution in [0.2, 0.25) is 0 Å². The van der Waals surface area contributed by atoms with E-state index in [1.807, 2.05) is 51.1 Å². The first kappa shape index (κ1) is 17.9. The number of rotatable bonds is 4. The van der Waals surface area contributed by atoms with E-state index in [0.717, 1.165) is 33.4 Å². The zero-order valence-electron chi connectivity index (χ0n) is 16.3. The van der Waals surface area contributed by atoms with E-state index >= 15 is 0 Å². The van der Waals surface area contributed by atoms with Crippen molar-refractivity contribution in [3.05, 3.63) is 64.0 Å². The SMILES string of the molecule is CCc1nc(Nc2ccc(C)c(-c3cc4cnc(C)cc4n(C)c3=O)c2)no1. The number of hydrogen-bond donors (Lipinski definition) is 1. The molecule has 7 heteroatoms. The predicted octanol–water partition coefficient (Wildman–Crippen LogP) is 3.91. The van der Waals surface area contributed by atoms with Gasteiger partial charge in [-0.1, -0.05) is 13.0 Å². The Morgan fingerprint density at radius 3 is 2.71 bits per heavy atom. The monoisotopic (exact) mass is 375 g/mol. The van der Waals surface area contributed by atoms with E-state index in [2.05, 4.69) is 20.4 Å². The van der Waals surface area contributed by atoms with Crippen molar-refractivity contribution in [3.63, 3.8) is 0 Å². The number of nitrogens with one attached hydrogen (secondary N) is 1. The van der Waals surface area contributed by atoms with Gasteiger partial charge in [-0.2, -0.15) is 4.98 Å². The number of benzene rings is 1. The number of aryl methyl sites for hydroxylation is 4. The van der Waals surface area contributed by atoms with Crippen molar-refractivity contribution in [2.75, 3.05) is 5.32 Å². The summed E-state index contributed by atoms with van der Waals surface area (Å²) in [6.45, 7) is 5.85. The fourth-order valence-corrected chi connectivity index (χ4v) is 3.23. The van der Waals surface area contributed by atoms with Gasteiger partial charge in [-0.3, -0.25) is 9.78 Å². The molecule has 0 amide bonds. The Hall–Kier alpha value is -3.48. The molecule has 0 aliphatic rings. The standard InChI is InChI=1S/C21H21N5O2/c1-5-19-24-21(25-28-19)23-15-7-6-12(2)16(10-15)17-9-14-11-22-13(3)8-18(14)26(4)20(17)27/h6-11H,5H2,1-4H3,(H,23,25). The summed E-state index contributed by atoms with van der Waals surface area (Å²) in [5, 5.41) is 7.98. The normalized spacial score (nSPS) is 11.1. The Labute approximate surface area is 162 Å². The van der Waals surface area contributed by atoms with E-state index in [-0.39, 0.29) is 5.56 Å². The van der Waals surface area contributed by atoms with Crippen molar-refractivity contribution < 1.29 is 4.52 Å². The van der Waals surface area contributed by atoms with E-state index < -0.39 is 0 Å². The minimum atomic E-state index is -0.0498. The Morgan fingerprint density at radius 1 is 1.14 bits per heavy atom. The molecular weight excluding hydrogens is 354 g/mol. The van der Waals surface area contributed by atoms with Gasteiger partial charge < -0.3 is 14.4 Å². The highest BCUT2D eigenvalue weighted by atomic mass is 16.5. The van der Waals surface area contributed by atoms with E-state index in [1.165, 1.54) is 0 Å². The Bertz CT molecular complexity index is 1240. The number of aromatic nitrogens is 4. The summed E-state index contributed by atoms with van der Waals surface area (Å²) in [6, 6.07) is 9.65. The number of fused-ring (bicyclic) bond motifs is 1. The van der Waals surface area contributed by atoms with Crippen molar-refractivity contribution >= 4 is 22.5 Å². The van der Waals surface area contributed by atoms with E-state index in [0.29, 0.717) is 23.8 Å². The maximum Gasteiger partial charge on any atom is 0.267 e. The topological polar surface area (TPSA) is 85.8 Å². The third-order valence-electron chi connectivity index (χ3n) is 4.80. The molecule has 0 saturated heterocycles. The molecule has 0 aliphatic heterocycles. The van der Waals surface area contributed by atoms with E-state index in [1.54, 1.807) is 17.8 Å². The van der Waals surface area contributed by atoms with Gasteiger partial charge in [-0.15, -0.1) is 0 Å². The largest absolute Gasteiger partial charge is 0.337 e. The van der Waals surface area contributed by atoms with Gasteiger partial charge in [0, 0.05) is 42.0 Å². The van der Waals surface area contributed by atoms with E-state index in [4.69, 9.17) is 4.52 Å². The fraction of sp³-hybridized carbons (Fsp3) is 0.238. The number of anilines is 2. The highest BCUT2D eigenvalue weighted by molar-refractivity contribution is 5.85. The summed E-state index contributed by atoms with van der Waals surface area (Å²) in [5.41, 5.74) is 4.97. The smallest absolute Gasteiger partial charge is 0.267 e.